The number of amides is 2. The average Bonchev–Trinajstić information content (AvgIpc) is 2.26. The lowest BCUT2D eigenvalue weighted by Crippen LogP contribution is -2.45. The fraction of sp³-hybridized carbons (Fsp3) is 0.900. The Morgan fingerprint density at radius 3 is 2.64 bits per heavy atom. The van der Waals surface area contributed by atoms with Gasteiger partial charge in [0, 0.05) is 26.2 Å². The number of likely N-dealkylation sites (tertiary alicyclic amines) is 1. The summed E-state index contributed by atoms with van der Waals surface area (Å²) in [6.45, 7) is 5.10. The lowest BCUT2D eigenvalue weighted by Gasteiger charge is -2.31. The topological polar surface area (TPSA) is 58.4 Å². The third-order valence-electron chi connectivity index (χ3n) is 2.90. The molecule has 0 aromatic rings. The molecule has 4 heteroatoms. The highest BCUT2D eigenvalue weighted by Crippen LogP contribution is 2.19. The van der Waals surface area contributed by atoms with E-state index in [4.69, 9.17) is 5.73 Å². The van der Waals surface area contributed by atoms with Gasteiger partial charge in [0.2, 0.25) is 0 Å². The molecule has 82 valence electrons. The molecule has 1 fully saturated rings. The Hall–Kier alpha value is -0.770. The lowest BCUT2D eigenvalue weighted by molar-refractivity contribution is 0.169. The SMILES string of the molecule is CCC1CCN(C(=O)NCCN)CC1. The zero-order valence-corrected chi connectivity index (χ0v) is 8.96. The molecule has 0 radical (unpaired) electrons. The molecule has 14 heavy (non-hydrogen) atoms. The van der Waals surface area contributed by atoms with Gasteiger partial charge in [0.1, 0.15) is 0 Å². The highest BCUT2D eigenvalue weighted by Gasteiger charge is 2.20. The van der Waals surface area contributed by atoms with Crippen LogP contribution in [-0.4, -0.2) is 37.1 Å². The van der Waals surface area contributed by atoms with Crippen LogP contribution in [0.25, 0.3) is 0 Å². The smallest absolute Gasteiger partial charge is 0.317 e. The molecule has 0 spiro atoms. The van der Waals surface area contributed by atoms with Crippen LogP contribution in [0.5, 0.6) is 0 Å². The van der Waals surface area contributed by atoms with E-state index in [0.717, 1.165) is 31.8 Å². The van der Waals surface area contributed by atoms with Gasteiger partial charge in [-0.2, -0.15) is 0 Å². The minimum Gasteiger partial charge on any atom is -0.337 e. The molecular weight excluding hydrogens is 178 g/mol. The quantitative estimate of drug-likeness (QED) is 0.705. The van der Waals surface area contributed by atoms with Gasteiger partial charge in [-0.15, -0.1) is 0 Å². The zero-order valence-electron chi connectivity index (χ0n) is 8.96. The maximum Gasteiger partial charge on any atom is 0.317 e. The van der Waals surface area contributed by atoms with Crippen molar-refractivity contribution in [1.29, 1.82) is 0 Å². The minimum absolute atomic E-state index is 0.0463. The van der Waals surface area contributed by atoms with Crippen molar-refractivity contribution in [2.45, 2.75) is 26.2 Å². The minimum atomic E-state index is 0.0463. The van der Waals surface area contributed by atoms with Gasteiger partial charge in [-0.05, 0) is 18.8 Å². The number of hydrogen-bond donors (Lipinski definition) is 2. The predicted molar refractivity (Wildman–Crippen MR) is 57.0 cm³/mol. The van der Waals surface area contributed by atoms with E-state index in [2.05, 4.69) is 12.2 Å². The molecular formula is C10H21N3O. The van der Waals surface area contributed by atoms with E-state index in [1.165, 1.54) is 6.42 Å². The van der Waals surface area contributed by atoms with Gasteiger partial charge in [0.05, 0.1) is 0 Å². The van der Waals surface area contributed by atoms with Crippen LogP contribution in [-0.2, 0) is 0 Å². The van der Waals surface area contributed by atoms with Crippen molar-refractivity contribution in [2.24, 2.45) is 11.7 Å². The Kier molecular flexibility index (Phi) is 4.73. The third-order valence-corrected chi connectivity index (χ3v) is 2.90. The fourth-order valence-corrected chi connectivity index (χ4v) is 1.84. The van der Waals surface area contributed by atoms with Crippen LogP contribution in [0.1, 0.15) is 26.2 Å². The van der Waals surface area contributed by atoms with E-state index in [1.807, 2.05) is 4.90 Å². The summed E-state index contributed by atoms with van der Waals surface area (Å²) in [6.07, 6.45) is 3.53. The second-order valence-electron chi connectivity index (χ2n) is 3.86. The molecule has 0 aromatic heterocycles. The number of hydrogen-bond acceptors (Lipinski definition) is 2. The Labute approximate surface area is 85.8 Å². The van der Waals surface area contributed by atoms with Crippen LogP contribution in [0.2, 0.25) is 0 Å². The van der Waals surface area contributed by atoms with Crippen molar-refractivity contribution >= 4 is 6.03 Å². The number of rotatable bonds is 3. The summed E-state index contributed by atoms with van der Waals surface area (Å²) in [6, 6.07) is 0.0463. The standard InChI is InChI=1S/C10H21N3O/c1-2-9-3-7-13(8-4-9)10(14)12-6-5-11/h9H,2-8,11H2,1H3,(H,12,14). The molecule has 1 aliphatic heterocycles. The summed E-state index contributed by atoms with van der Waals surface area (Å²) in [5.41, 5.74) is 5.32. The Balaban J connectivity index is 2.23. The number of carbonyl (C=O) groups is 1. The largest absolute Gasteiger partial charge is 0.337 e. The lowest BCUT2D eigenvalue weighted by atomic mass is 9.95. The van der Waals surface area contributed by atoms with Gasteiger partial charge >= 0.3 is 6.03 Å². The van der Waals surface area contributed by atoms with E-state index in [9.17, 15) is 4.79 Å². The van der Waals surface area contributed by atoms with Crippen LogP contribution in [0, 0.1) is 5.92 Å². The molecule has 0 atom stereocenters. The first-order valence-electron chi connectivity index (χ1n) is 5.50. The number of nitrogens with two attached hydrogens (primary N) is 1. The van der Waals surface area contributed by atoms with Crippen molar-refractivity contribution < 1.29 is 4.79 Å². The highest BCUT2D eigenvalue weighted by molar-refractivity contribution is 5.74. The van der Waals surface area contributed by atoms with Crippen molar-refractivity contribution in [1.82, 2.24) is 10.2 Å². The molecule has 0 aromatic carbocycles. The van der Waals surface area contributed by atoms with E-state index >= 15 is 0 Å². The zero-order chi connectivity index (χ0) is 10.4. The maximum atomic E-state index is 11.5. The molecule has 4 nitrogen and oxygen atoms in total. The van der Waals surface area contributed by atoms with Gasteiger partial charge < -0.3 is 16.0 Å². The molecule has 0 saturated carbocycles. The molecule has 1 aliphatic rings. The maximum absolute atomic E-state index is 11.5. The summed E-state index contributed by atoms with van der Waals surface area (Å²) in [5.74, 6) is 0.813. The van der Waals surface area contributed by atoms with Crippen LogP contribution in [0.15, 0.2) is 0 Å². The molecule has 2 amide bonds. The Bertz CT molecular complexity index is 176. The normalized spacial score (nSPS) is 18.3. The molecule has 0 bridgehead atoms. The van der Waals surface area contributed by atoms with Crippen LogP contribution < -0.4 is 11.1 Å². The number of nitrogens with one attached hydrogen (secondary N) is 1. The summed E-state index contributed by atoms with van der Waals surface area (Å²) >= 11 is 0. The molecule has 3 N–H and O–H groups in total. The Morgan fingerprint density at radius 1 is 1.50 bits per heavy atom. The van der Waals surface area contributed by atoms with E-state index < -0.39 is 0 Å². The van der Waals surface area contributed by atoms with Crippen LogP contribution in [0.4, 0.5) is 4.79 Å². The second-order valence-corrected chi connectivity index (χ2v) is 3.86. The van der Waals surface area contributed by atoms with Crippen molar-refractivity contribution in [3.05, 3.63) is 0 Å². The van der Waals surface area contributed by atoms with Gasteiger partial charge in [0.25, 0.3) is 0 Å². The molecule has 1 rings (SSSR count). The first kappa shape index (κ1) is 11.3. The van der Waals surface area contributed by atoms with Crippen LogP contribution in [0.3, 0.4) is 0 Å². The summed E-state index contributed by atoms with van der Waals surface area (Å²) in [4.78, 5) is 13.4. The fourth-order valence-electron chi connectivity index (χ4n) is 1.84. The van der Waals surface area contributed by atoms with Gasteiger partial charge in [-0.1, -0.05) is 13.3 Å². The van der Waals surface area contributed by atoms with Crippen LogP contribution >= 0.6 is 0 Å². The number of nitrogens with zero attached hydrogens (tertiary/aromatic N) is 1. The van der Waals surface area contributed by atoms with E-state index in [0.29, 0.717) is 13.1 Å². The number of carbonyl (C=O) groups excluding carboxylic acids is 1. The third kappa shape index (κ3) is 3.18. The first-order valence-corrected chi connectivity index (χ1v) is 5.50. The predicted octanol–water partition coefficient (Wildman–Crippen LogP) is 0.777. The summed E-state index contributed by atoms with van der Waals surface area (Å²) in [5, 5.41) is 2.80. The van der Waals surface area contributed by atoms with E-state index in [1.54, 1.807) is 0 Å². The van der Waals surface area contributed by atoms with Gasteiger partial charge in [-0.25, -0.2) is 4.79 Å². The van der Waals surface area contributed by atoms with Crippen molar-refractivity contribution in [2.75, 3.05) is 26.2 Å². The number of piperidine rings is 1. The molecule has 1 heterocycles. The molecule has 0 aliphatic carbocycles. The average molecular weight is 199 g/mol. The van der Waals surface area contributed by atoms with Crippen molar-refractivity contribution in [3.8, 4) is 0 Å². The highest BCUT2D eigenvalue weighted by atomic mass is 16.2. The summed E-state index contributed by atoms with van der Waals surface area (Å²) < 4.78 is 0. The Morgan fingerprint density at radius 2 is 2.14 bits per heavy atom. The van der Waals surface area contributed by atoms with Gasteiger partial charge in [-0.3, -0.25) is 0 Å². The summed E-state index contributed by atoms with van der Waals surface area (Å²) in [7, 11) is 0. The first-order chi connectivity index (χ1) is 6.77. The number of urea groups is 1. The van der Waals surface area contributed by atoms with E-state index in [-0.39, 0.29) is 6.03 Å². The van der Waals surface area contributed by atoms with Crippen molar-refractivity contribution in [3.63, 3.8) is 0 Å². The molecule has 1 saturated heterocycles. The monoisotopic (exact) mass is 199 g/mol. The molecule has 0 unspecified atom stereocenters. The second kappa shape index (κ2) is 5.86. The van der Waals surface area contributed by atoms with Gasteiger partial charge in [0.15, 0.2) is 0 Å².